The Morgan fingerprint density at radius 3 is 0.662 bits per heavy atom. The van der Waals surface area contributed by atoms with E-state index in [1.54, 1.807) is 0 Å². The fraction of sp³-hybridized carbons (Fsp3) is 0.0870. The number of hydrogen-bond donors (Lipinski definition) is 0. The van der Waals surface area contributed by atoms with Crippen LogP contribution in [0.15, 0.2) is 99.6 Å². The molecular formula is C46H23BF20S. The molecule has 0 unspecified atom stereocenters. The summed E-state index contributed by atoms with van der Waals surface area (Å²) in [4.78, 5) is 4.10. The zero-order valence-electron chi connectivity index (χ0n) is 34.1. The second-order valence-electron chi connectivity index (χ2n) is 15.5. The molecule has 0 amide bonds. The second-order valence-corrected chi connectivity index (χ2v) is 17.5. The molecule has 7 rings (SSSR count). The van der Waals surface area contributed by atoms with Crippen molar-refractivity contribution in [3.63, 3.8) is 0 Å². The molecule has 0 spiro atoms. The van der Waals surface area contributed by atoms with Crippen molar-refractivity contribution in [2.45, 2.75) is 40.9 Å². The summed E-state index contributed by atoms with van der Waals surface area (Å²) in [5, 5.41) is 0. The minimum absolute atomic E-state index is 0.0497. The maximum atomic E-state index is 15.4. The van der Waals surface area contributed by atoms with Crippen molar-refractivity contribution in [1.29, 1.82) is 0 Å². The summed E-state index contributed by atoms with van der Waals surface area (Å²) in [5.41, 5.74) is -12.8. The molecule has 0 aliphatic heterocycles. The van der Waals surface area contributed by atoms with Crippen molar-refractivity contribution < 1.29 is 87.8 Å². The van der Waals surface area contributed by atoms with E-state index in [1.807, 2.05) is 0 Å². The standard InChI is InChI=1S/C24BF20.C22H23S/c26-5-1(6(27)14(35)21(42)13(5)34)25(2-7(28)15(36)22(43)16(37)8(2)29,3-9(30)17(38)23(44)18(39)10(3)31)4-11(32)19(40)24(45)20(41)12(4)33;1-22(2,3)18-14-16-21(17-15-18)23(19-10-6-4-7-11-19)20-12-8-5-9-13-20/h;4-17H,1-3H3/q-1;+1. The van der Waals surface area contributed by atoms with Crippen LogP contribution in [0.3, 0.4) is 0 Å². The van der Waals surface area contributed by atoms with Gasteiger partial charge >= 0.3 is 0 Å². The van der Waals surface area contributed by atoms with Crippen LogP contribution in [-0.2, 0) is 16.3 Å². The Labute approximate surface area is 373 Å². The van der Waals surface area contributed by atoms with Gasteiger partial charge < -0.3 is 0 Å². The number of halogens is 20. The monoisotopic (exact) mass is 998 g/mol. The van der Waals surface area contributed by atoms with Crippen LogP contribution in [0.2, 0.25) is 0 Å². The van der Waals surface area contributed by atoms with Crippen LogP contribution >= 0.6 is 0 Å². The van der Waals surface area contributed by atoms with E-state index >= 15 is 35.1 Å². The summed E-state index contributed by atoms with van der Waals surface area (Å²) < 4.78 is 294. The molecule has 0 aliphatic rings. The first-order valence-electron chi connectivity index (χ1n) is 18.9. The molecule has 0 aliphatic carbocycles. The summed E-state index contributed by atoms with van der Waals surface area (Å²) >= 11 is 0. The first kappa shape index (κ1) is 51.0. The zero-order valence-corrected chi connectivity index (χ0v) is 34.9. The summed E-state index contributed by atoms with van der Waals surface area (Å²) in [6, 6.07) is 30.7. The highest BCUT2D eigenvalue weighted by atomic mass is 32.2. The lowest BCUT2D eigenvalue weighted by molar-refractivity contribution is 0.378. The quantitative estimate of drug-likeness (QED) is 0.0491. The van der Waals surface area contributed by atoms with Gasteiger partial charge in [-0.05, 0) is 47.4 Å². The normalized spacial score (nSPS) is 11.9. The Morgan fingerprint density at radius 2 is 0.456 bits per heavy atom. The first-order valence-corrected chi connectivity index (χ1v) is 20.2. The van der Waals surface area contributed by atoms with Crippen LogP contribution in [0.1, 0.15) is 26.3 Å². The summed E-state index contributed by atoms with van der Waals surface area (Å²) in [6.45, 7) is 6.78. The van der Waals surface area contributed by atoms with Gasteiger partial charge in [0.05, 0.1) is 10.9 Å². The highest BCUT2D eigenvalue weighted by Gasteiger charge is 2.52. The van der Waals surface area contributed by atoms with E-state index in [1.165, 1.54) is 20.2 Å². The molecule has 0 atom stereocenters. The Morgan fingerprint density at radius 1 is 0.265 bits per heavy atom. The molecule has 0 radical (unpaired) electrons. The van der Waals surface area contributed by atoms with Gasteiger partial charge in [-0.25, -0.2) is 87.8 Å². The zero-order chi connectivity index (χ0) is 50.6. The molecule has 0 fully saturated rings. The van der Waals surface area contributed by atoms with Crippen molar-refractivity contribution in [2.24, 2.45) is 0 Å². The summed E-state index contributed by atoms with van der Waals surface area (Å²) in [6.07, 6.45) is -7.22. The maximum absolute atomic E-state index is 15.4. The molecule has 7 aromatic rings. The number of hydrogen-bond acceptors (Lipinski definition) is 0. The third kappa shape index (κ3) is 8.23. The van der Waals surface area contributed by atoms with Gasteiger partial charge in [0.25, 0.3) is 0 Å². The van der Waals surface area contributed by atoms with Crippen molar-refractivity contribution in [1.82, 2.24) is 0 Å². The van der Waals surface area contributed by atoms with E-state index in [0.29, 0.717) is 0 Å². The molecule has 0 bridgehead atoms. The molecule has 22 heteroatoms. The van der Waals surface area contributed by atoms with E-state index < -0.39 is 144 Å². The van der Waals surface area contributed by atoms with Gasteiger partial charge in [0.15, 0.2) is 84.5 Å². The molecule has 68 heavy (non-hydrogen) atoms. The molecule has 0 N–H and O–H groups in total. The van der Waals surface area contributed by atoms with Crippen LogP contribution in [0.5, 0.6) is 0 Å². The van der Waals surface area contributed by atoms with Crippen molar-refractivity contribution in [3.05, 3.63) is 207 Å². The topological polar surface area (TPSA) is 0 Å². The van der Waals surface area contributed by atoms with E-state index in [2.05, 4.69) is 106 Å². The SMILES string of the molecule is CC(C)(C)c1ccc([S+](c2ccccc2)c2ccccc2)cc1.Fc1c(F)c(F)c([B-](c2c(F)c(F)c(F)c(F)c2F)(c2c(F)c(F)c(F)c(F)c2F)c2c(F)c(F)c(F)c(F)c2F)c(F)c1F. The molecule has 0 aromatic heterocycles. The Bertz CT molecular complexity index is 2660. The maximum Gasteiger partial charge on any atom is 0.200 e. The Hall–Kier alpha value is -6.45. The van der Waals surface area contributed by atoms with Gasteiger partial charge in [0.1, 0.15) is 52.7 Å². The van der Waals surface area contributed by atoms with Gasteiger partial charge in [-0.3, -0.25) is 0 Å². The van der Waals surface area contributed by atoms with E-state index in [0.717, 1.165) is 0 Å². The predicted octanol–water partition coefficient (Wildman–Crippen LogP) is 11.9. The molecule has 356 valence electrons. The summed E-state index contributed by atoms with van der Waals surface area (Å²) in [5.74, 6) is -71.4. The molecule has 7 aromatic carbocycles. The molecular weight excluding hydrogens is 975 g/mol. The predicted molar refractivity (Wildman–Crippen MR) is 209 cm³/mol. The van der Waals surface area contributed by atoms with E-state index in [-0.39, 0.29) is 16.3 Å². The lowest BCUT2D eigenvalue weighted by atomic mass is 9.12. The van der Waals surface area contributed by atoms with Crippen LogP contribution in [0, 0.1) is 116 Å². The van der Waals surface area contributed by atoms with Crippen LogP contribution < -0.4 is 21.9 Å². The average molecular weight is 999 g/mol. The van der Waals surface area contributed by atoms with Crippen molar-refractivity contribution in [2.75, 3.05) is 0 Å². The lowest BCUT2D eigenvalue weighted by Gasteiger charge is -2.44. The highest BCUT2D eigenvalue weighted by Crippen LogP contribution is 2.34. The van der Waals surface area contributed by atoms with E-state index in [4.69, 9.17) is 0 Å². The highest BCUT2D eigenvalue weighted by molar-refractivity contribution is 7.97. The second kappa shape index (κ2) is 18.9. The molecule has 0 saturated carbocycles. The minimum atomic E-state index is -7.22. The average Bonchev–Trinajstić information content (AvgIpc) is 3.32. The third-order valence-corrected chi connectivity index (χ3v) is 12.9. The van der Waals surface area contributed by atoms with Gasteiger partial charge in [0.2, 0.25) is 0 Å². The molecule has 0 nitrogen and oxygen atoms in total. The van der Waals surface area contributed by atoms with Crippen LogP contribution in [0.25, 0.3) is 0 Å². The smallest absolute Gasteiger partial charge is 0.200 e. The van der Waals surface area contributed by atoms with Crippen LogP contribution in [0.4, 0.5) is 87.8 Å². The molecule has 0 saturated heterocycles. The van der Waals surface area contributed by atoms with Crippen molar-refractivity contribution in [3.8, 4) is 0 Å². The van der Waals surface area contributed by atoms with Crippen LogP contribution in [-0.4, -0.2) is 6.15 Å². The fourth-order valence-electron chi connectivity index (χ4n) is 7.49. The minimum Gasteiger partial charge on any atom is -0.207 e. The number of benzene rings is 7. The fourth-order valence-corrected chi connectivity index (χ4v) is 9.57. The van der Waals surface area contributed by atoms with E-state index in [9.17, 15) is 52.7 Å². The first-order chi connectivity index (χ1) is 31.8. The van der Waals surface area contributed by atoms with Crippen molar-refractivity contribution >= 4 is 38.9 Å². The lowest BCUT2D eigenvalue weighted by Crippen LogP contribution is -2.81. The third-order valence-electron chi connectivity index (χ3n) is 10.6. The van der Waals surface area contributed by atoms with Gasteiger partial charge in [-0.15, -0.1) is 21.9 Å². The number of rotatable bonds is 7. The Balaban J connectivity index is 0.000000276. The largest absolute Gasteiger partial charge is 0.207 e. The Kier molecular flexibility index (Phi) is 14.2. The van der Waals surface area contributed by atoms with Gasteiger partial charge in [-0.2, -0.15) is 0 Å². The summed E-state index contributed by atoms with van der Waals surface area (Å²) in [7, 11) is -0.0497. The van der Waals surface area contributed by atoms with Gasteiger partial charge in [0, 0.05) is 0 Å². The molecule has 0 heterocycles. The van der Waals surface area contributed by atoms with Gasteiger partial charge in [-0.1, -0.05) is 69.3 Å².